The van der Waals surface area contributed by atoms with Gasteiger partial charge >= 0.3 is 0 Å². The van der Waals surface area contributed by atoms with Gasteiger partial charge in [-0.05, 0) is 24.8 Å². The number of hydrogen-bond donors (Lipinski definition) is 1. The number of nitrogens with one attached hydrogen (secondary N) is 1. The Morgan fingerprint density at radius 3 is 2.70 bits per heavy atom. The van der Waals surface area contributed by atoms with E-state index in [4.69, 9.17) is 0 Å². The quantitative estimate of drug-likeness (QED) is 0.817. The van der Waals surface area contributed by atoms with Crippen LogP contribution in [-0.4, -0.2) is 16.3 Å². The zero-order valence-electron chi connectivity index (χ0n) is 12.8. The van der Waals surface area contributed by atoms with Gasteiger partial charge in [-0.15, -0.1) is 0 Å². The van der Waals surface area contributed by atoms with Crippen molar-refractivity contribution < 1.29 is 0 Å². The molecule has 0 amide bonds. The van der Waals surface area contributed by atoms with Crippen molar-refractivity contribution in [2.24, 2.45) is 0 Å². The van der Waals surface area contributed by atoms with E-state index in [1.807, 2.05) is 0 Å². The molecule has 1 unspecified atom stereocenters. The molecule has 0 aliphatic rings. The summed E-state index contributed by atoms with van der Waals surface area (Å²) in [6, 6.07) is 12.7. The average Bonchev–Trinajstić information content (AvgIpc) is 2.84. The Kier molecular flexibility index (Phi) is 5.22. The molecule has 3 heteroatoms. The molecule has 0 fully saturated rings. The van der Waals surface area contributed by atoms with E-state index in [0.717, 1.165) is 18.9 Å². The third-order valence-corrected chi connectivity index (χ3v) is 3.66. The third kappa shape index (κ3) is 3.86. The molecule has 1 aromatic carbocycles. The molecule has 0 bridgehead atoms. The van der Waals surface area contributed by atoms with Crippen LogP contribution < -0.4 is 5.32 Å². The highest BCUT2D eigenvalue weighted by atomic mass is 15.3. The van der Waals surface area contributed by atoms with Crippen LogP contribution in [0.4, 0.5) is 5.82 Å². The maximum absolute atomic E-state index is 4.62. The van der Waals surface area contributed by atoms with Crippen molar-refractivity contribution in [2.75, 3.05) is 11.9 Å². The lowest BCUT2D eigenvalue weighted by Crippen LogP contribution is -2.10. The minimum Gasteiger partial charge on any atom is -0.368 e. The van der Waals surface area contributed by atoms with Crippen LogP contribution in [0.1, 0.15) is 43.9 Å². The molecule has 0 spiro atoms. The number of nitrogens with zero attached hydrogens (tertiary/aromatic N) is 2. The van der Waals surface area contributed by atoms with Crippen molar-refractivity contribution in [3.63, 3.8) is 0 Å². The van der Waals surface area contributed by atoms with Gasteiger partial charge in [-0.2, -0.15) is 5.10 Å². The molecule has 1 atom stereocenters. The SMILES string of the molecule is CCCCn1nc(NCC(C)c2ccccc2)cc1C. The van der Waals surface area contributed by atoms with Gasteiger partial charge in [-0.3, -0.25) is 4.68 Å². The van der Waals surface area contributed by atoms with E-state index in [0.29, 0.717) is 5.92 Å². The summed E-state index contributed by atoms with van der Waals surface area (Å²) < 4.78 is 2.10. The molecule has 1 aromatic heterocycles. The molecule has 0 saturated carbocycles. The second kappa shape index (κ2) is 7.13. The standard InChI is InChI=1S/C17H25N3/c1-4-5-11-20-15(3)12-17(19-20)18-13-14(2)16-9-7-6-8-10-16/h6-10,12,14H,4-5,11,13H2,1-3H3,(H,18,19). The minimum atomic E-state index is 0.484. The van der Waals surface area contributed by atoms with Crippen LogP contribution >= 0.6 is 0 Å². The lowest BCUT2D eigenvalue weighted by Gasteiger charge is -2.12. The molecule has 2 aromatic rings. The summed E-state index contributed by atoms with van der Waals surface area (Å²) in [5, 5.41) is 8.07. The molecule has 0 aliphatic heterocycles. The van der Waals surface area contributed by atoms with Gasteiger partial charge in [0.05, 0.1) is 0 Å². The third-order valence-electron chi connectivity index (χ3n) is 3.66. The van der Waals surface area contributed by atoms with Crippen LogP contribution in [0.2, 0.25) is 0 Å². The van der Waals surface area contributed by atoms with Crippen LogP contribution in [0.3, 0.4) is 0 Å². The Labute approximate surface area is 122 Å². The molecule has 0 radical (unpaired) electrons. The maximum atomic E-state index is 4.62. The van der Waals surface area contributed by atoms with Crippen LogP contribution in [0.25, 0.3) is 0 Å². The van der Waals surface area contributed by atoms with Gasteiger partial charge in [0.1, 0.15) is 5.82 Å². The number of unbranched alkanes of at least 4 members (excludes halogenated alkanes) is 1. The summed E-state index contributed by atoms with van der Waals surface area (Å²) in [5.74, 6) is 1.47. The highest BCUT2D eigenvalue weighted by molar-refractivity contribution is 5.36. The monoisotopic (exact) mass is 271 g/mol. The first kappa shape index (κ1) is 14.6. The summed E-state index contributed by atoms with van der Waals surface area (Å²) in [6.45, 7) is 8.49. The molecular formula is C17H25N3. The number of benzene rings is 1. The fraction of sp³-hybridized carbons (Fsp3) is 0.471. The fourth-order valence-electron chi connectivity index (χ4n) is 2.29. The Morgan fingerprint density at radius 1 is 1.25 bits per heavy atom. The molecule has 0 aliphatic carbocycles. The van der Waals surface area contributed by atoms with Crippen molar-refractivity contribution in [3.05, 3.63) is 47.7 Å². The van der Waals surface area contributed by atoms with Crippen LogP contribution in [-0.2, 0) is 6.54 Å². The summed E-state index contributed by atoms with van der Waals surface area (Å²) in [7, 11) is 0. The van der Waals surface area contributed by atoms with E-state index in [9.17, 15) is 0 Å². The molecule has 3 nitrogen and oxygen atoms in total. The molecule has 1 heterocycles. The van der Waals surface area contributed by atoms with Crippen molar-refractivity contribution in [2.45, 2.75) is 46.1 Å². The van der Waals surface area contributed by atoms with Crippen LogP contribution in [0, 0.1) is 6.92 Å². The van der Waals surface area contributed by atoms with Crippen LogP contribution in [0.15, 0.2) is 36.4 Å². The highest BCUT2D eigenvalue weighted by Crippen LogP contribution is 2.16. The van der Waals surface area contributed by atoms with Crippen molar-refractivity contribution >= 4 is 5.82 Å². The summed E-state index contributed by atoms with van der Waals surface area (Å²) in [6.07, 6.45) is 2.38. The normalized spacial score (nSPS) is 12.3. The van der Waals surface area contributed by atoms with E-state index in [1.165, 1.54) is 24.1 Å². The van der Waals surface area contributed by atoms with Crippen molar-refractivity contribution in [1.82, 2.24) is 9.78 Å². The number of rotatable bonds is 7. The molecule has 0 saturated heterocycles. The number of anilines is 1. The predicted molar refractivity (Wildman–Crippen MR) is 85.2 cm³/mol. The van der Waals surface area contributed by atoms with Gasteiger partial charge in [0.15, 0.2) is 0 Å². The smallest absolute Gasteiger partial charge is 0.148 e. The van der Waals surface area contributed by atoms with E-state index < -0.39 is 0 Å². The highest BCUT2D eigenvalue weighted by Gasteiger charge is 2.07. The topological polar surface area (TPSA) is 29.9 Å². The number of aryl methyl sites for hydroxylation is 2. The van der Waals surface area contributed by atoms with Gasteiger partial charge in [-0.25, -0.2) is 0 Å². The molecular weight excluding hydrogens is 246 g/mol. The van der Waals surface area contributed by atoms with Crippen molar-refractivity contribution in [1.29, 1.82) is 0 Å². The number of hydrogen-bond acceptors (Lipinski definition) is 2. The Balaban J connectivity index is 1.91. The Morgan fingerprint density at radius 2 is 2.00 bits per heavy atom. The molecule has 1 N–H and O–H groups in total. The first-order chi connectivity index (χ1) is 9.70. The maximum Gasteiger partial charge on any atom is 0.148 e. The zero-order valence-corrected chi connectivity index (χ0v) is 12.8. The molecule has 108 valence electrons. The Hall–Kier alpha value is -1.77. The summed E-state index contributed by atoms with van der Waals surface area (Å²) in [5.41, 5.74) is 2.59. The zero-order chi connectivity index (χ0) is 14.4. The lowest BCUT2D eigenvalue weighted by molar-refractivity contribution is 0.560. The van der Waals surface area contributed by atoms with Gasteiger partial charge in [-0.1, -0.05) is 50.6 Å². The fourth-order valence-corrected chi connectivity index (χ4v) is 2.29. The van der Waals surface area contributed by atoms with E-state index in [2.05, 4.69) is 72.3 Å². The Bertz CT molecular complexity index is 516. The van der Waals surface area contributed by atoms with E-state index in [-0.39, 0.29) is 0 Å². The summed E-state index contributed by atoms with van der Waals surface area (Å²) >= 11 is 0. The second-order valence-electron chi connectivity index (χ2n) is 5.44. The van der Waals surface area contributed by atoms with E-state index >= 15 is 0 Å². The second-order valence-corrected chi connectivity index (χ2v) is 5.44. The predicted octanol–water partition coefficient (Wildman–Crippen LogP) is 4.21. The summed E-state index contributed by atoms with van der Waals surface area (Å²) in [4.78, 5) is 0. The van der Waals surface area contributed by atoms with Crippen LogP contribution in [0.5, 0.6) is 0 Å². The van der Waals surface area contributed by atoms with Gasteiger partial charge < -0.3 is 5.32 Å². The van der Waals surface area contributed by atoms with E-state index in [1.54, 1.807) is 0 Å². The van der Waals surface area contributed by atoms with Gasteiger partial charge in [0.25, 0.3) is 0 Å². The molecule has 20 heavy (non-hydrogen) atoms. The largest absolute Gasteiger partial charge is 0.368 e. The van der Waals surface area contributed by atoms with Gasteiger partial charge in [0.2, 0.25) is 0 Å². The van der Waals surface area contributed by atoms with Crippen molar-refractivity contribution in [3.8, 4) is 0 Å². The molecule has 2 rings (SSSR count). The first-order valence-electron chi connectivity index (χ1n) is 7.54. The first-order valence-corrected chi connectivity index (χ1v) is 7.54. The average molecular weight is 271 g/mol. The number of aromatic nitrogens is 2. The van der Waals surface area contributed by atoms with Gasteiger partial charge in [0, 0.05) is 24.8 Å². The minimum absolute atomic E-state index is 0.484. The lowest BCUT2D eigenvalue weighted by atomic mass is 10.0.